The highest BCUT2D eigenvalue weighted by atomic mass is 32.1. The number of aliphatic imine (C=N–C) groups is 1. The fourth-order valence-corrected chi connectivity index (χ4v) is 4.21. The summed E-state index contributed by atoms with van der Waals surface area (Å²) >= 11 is 1.66. The third-order valence-electron chi connectivity index (χ3n) is 4.04. The number of nitrogens with one attached hydrogen (secondary N) is 1. The van der Waals surface area contributed by atoms with Crippen LogP contribution in [-0.4, -0.2) is 17.9 Å². The van der Waals surface area contributed by atoms with Gasteiger partial charge < -0.3 is 5.32 Å². The number of pyridine rings is 1. The van der Waals surface area contributed by atoms with Gasteiger partial charge in [-0.05, 0) is 55.7 Å². The van der Waals surface area contributed by atoms with Crippen LogP contribution >= 0.6 is 11.3 Å². The molecule has 0 spiro atoms. The van der Waals surface area contributed by atoms with E-state index in [9.17, 15) is 4.39 Å². The fraction of sp³-hybridized carbons (Fsp3) is 0.263. The van der Waals surface area contributed by atoms with Crippen molar-refractivity contribution in [2.45, 2.75) is 27.3 Å². The molecule has 2 heterocycles. The second-order valence-corrected chi connectivity index (χ2v) is 6.87. The predicted molar refractivity (Wildman–Crippen MR) is 99.5 cm³/mol. The SMILES string of the molecule is CN=C(NCc1ccc(F)cc1)c1sc2nc(C)cc(C)c2c1C. The van der Waals surface area contributed by atoms with Gasteiger partial charge in [0.15, 0.2) is 0 Å². The van der Waals surface area contributed by atoms with E-state index in [0.29, 0.717) is 6.54 Å². The molecule has 0 aliphatic carbocycles. The van der Waals surface area contributed by atoms with Gasteiger partial charge in [0.2, 0.25) is 0 Å². The summed E-state index contributed by atoms with van der Waals surface area (Å²) in [6, 6.07) is 8.62. The van der Waals surface area contributed by atoms with Gasteiger partial charge in [-0.15, -0.1) is 11.3 Å². The number of hydrogen-bond acceptors (Lipinski definition) is 3. The lowest BCUT2D eigenvalue weighted by Gasteiger charge is -2.09. The minimum Gasteiger partial charge on any atom is -0.365 e. The van der Waals surface area contributed by atoms with E-state index >= 15 is 0 Å². The first-order chi connectivity index (χ1) is 11.5. The van der Waals surface area contributed by atoms with Crippen LogP contribution in [0.3, 0.4) is 0 Å². The van der Waals surface area contributed by atoms with E-state index < -0.39 is 0 Å². The van der Waals surface area contributed by atoms with Crippen molar-refractivity contribution in [1.29, 1.82) is 0 Å². The van der Waals surface area contributed by atoms with Gasteiger partial charge in [0, 0.05) is 24.7 Å². The minimum absolute atomic E-state index is 0.222. The van der Waals surface area contributed by atoms with Crippen molar-refractivity contribution in [2.75, 3.05) is 7.05 Å². The monoisotopic (exact) mass is 341 g/mol. The van der Waals surface area contributed by atoms with Crippen molar-refractivity contribution in [3.63, 3.8) is 0 Å². The third kappa shape index (κ3) is 3.17. The van der Waals surface area contributed by atoms with Gasteiger partial charge in [-0.1, -0.05) is 12.1 Å². The summed E-state index contributed by atoms with van der Waals surface area (Å²) in [6.45, 7) is 6.85. The summed E-state index contributed by atoms with van der Waals surface area (Å²) < 4.78 is 13.0. The topological polar surface area (TPSA) is 37.3 Å². The lowest BCUT2D eigenvalue weighted by Crippen LogP contribution is -2.23. The van der Waals surface area contributed by atoms with Gasteiger partial charge in [-0.3, -0.25) is 4.99 Å². The molecule has 0 amide bonds. The number of thiophene rings is 1. The van der Waals surface area contributed by atoms with E-state index in [0.717, 1.165) is 26.8 Å². The molecule has 3 rings (SSSR count). The van der Waals surface area contributed by atoms with Gasteiger partial charge >= 0.3 is 0 Å². The van der Waals surface area contributed by atoms with E-state index in [1.54, 1.807) is 30.5 Å². The molecule has 5 heteroatoms. The number of amidine groups is 1. The van der Waals surface area contributed by atoms with Crippen LogP contribution in [0.4, 0.5) is 4.39 Å². The van der Waals surface area contributed by atoms with Crippen molar-refractivity contribution < 1.29 is 4.39 Å². The molecule has 0 fully saturated rings. The second kappa shape index (κ2) is 6.69. The molecule has 1 aromatic carbocycles. The maximum Gasteiger partial charge on any atom is 0.138 e. The molecule has 0 bridgehead atoms. The van der Waals surface area contributed by atoms with Crippen LogP contribution < -0.4 is 5.32 Å². The van der Waals surface area contributed by atoms with Crippen LogP contribution in [0, 0.1) is 26.6 Å². The summed E-state index contributed by atoms with van der Waals surface area (Å²) in [4.78, 5) is 11.2. The van der Waals surface area contributed by atoms with E-state index in [-0.39, 0.29) is 5.82 Å². The third-order valence-corrected chi connectivity index (χ3v) is 5.23. The maximum absolute atomic E-state index is 13.0. The second-order valence-electron chi connectivity index (χ2n) is 5.87. The lowest BCUT2D eigenvalue weighted by molar-refractivity contribution is 0.626. The van der Waals surface area contributed by atoms with Crippen LogP contribution in [-0.2, 0) is 6.54 Å². The lowest BCUT2D eigenvalue weighted by atomic mass is 10.1. The molecule has 0 unspecified atom stereocenters. The number of halogens is 1. The van der Waals surface area contributed by atoms with Crippen LogP contribution in [0.2, 0.25) is 0 Å². The Kier molecular flexibility index (Phi) is 4.62. The Hall–Kier alpha value is -2.27. The van der Waals surface area contributed by atoms with Crippen molar-refractivity contribution in [3.05, 3.63) is 63.4 Å². The molecular formula is C19H20FN3S. The number of nitrogens with zero attached hydrogens (tertiary/aromatic N) is 2. The molecule has 2 aromatic heterocycles. The molecule has 1 N–H and O–H groups in total. The van der Waals surface area contributed by atoms with Crippen molar-refractivity contribution >= 4 is 27.4 Å². The first-order valence-corrected chi connectivity index (χ1v) is 8.64. The van der Waals surface area contributed by atoms with Crippen molar-refractivity contribution in [2.24, 2.45) is 4.99 Å². The standard InChI is InChI=1S/C19H20FN3S/c1-11-9-12(2)23-19-16(11)13(3)17(24-19)18(21-4)22-10-14-5-7-15(20)8-6-14/h5-9H,10H2,1-4H3,(H,21,22). The zero-order valence-corrected chi connectivity index (χ0v) is 15.1. The molecule has 24 heavy (non-hydrogen) atoms. The molecule has 0 aliphatic heterocycles. The first kappa shape index (κ1) is 16.6. The van der Waals surface area contributed by atoms with Crippen LogP contribution in [0.1, 0.15) is 27.3 Å². The number of fused-ring (bicyclic) bond motifs is 1. The Morgan fingerprint density at radius 1 is 1.21 bits per heavy atom. The number of hydrogen-bond donors (Lipinski definition) is 1. The maximum atomic E-state index is 13.0. The number of aromatic nitrogens is 1. The molecular weight excluding hydrogens is 321 g/mol. The van der Waals surface area contributed by atoms with E-state index in [2.05, 4.69) is 35.2 Å². The molecule has 0 atom stereocenters. The summed E-state index contributed by atoms with van der Waals surface area (Å²) in [5, 5.41) is 4.58. The predicted octanol–water partition coefficient (Wildman–Crippen LogP) is 4.53. The Morgan fingerprint density at radius 2 is 1.92 bits per heavy atom. The Labute approximate surface area is 145 Å². The summed E-state index contributed by atoms with van der Waals surface area (Å²) in [5.41, 5.74) is 4.49. The molecule has 3 aromatic rings. The van der Waals surface area contributed by atoms with E-state index in [1.807, 2.05) is 6.92 Å². The largest absolute Gasteiger partial charge is 0.365 e. The first-order valence-electron chi connectivity index (χ1n) is 7.82. The van der Waals surface area contributed by atoms with Crippen molar-refractivity contribution in [3.8, 4) is 0 Å². The van der Waals surface area contributed by atoms with Crippen LogP contribution in [0.5, 0.6) is 0 Å². The minimum atomic E-state index is -0.222. The Bertz CT molecular complexity index is 911. The number of rotatable bonds is 3. The smallest absolute Gasteiger partial charge is 0.138 e. The highest BCUT2D eigenvalue weighted by Crippen LogP contribution is 2.32. The quantitative estimate of drug-likeness (QED) is 0.561. The van der Waals surface area contributed by atoms with Gasteiger partial charge in [0.05, 0.1) is 4.88 Å². The van der Waals surface area contributed by atoms with Gasteiger partial charge in [-0.25, -0.2) is 9.37 Å². The van der Waals surface area contributed by atoms with Gasteiger partial charge in [0.25, 0.3) is 0 Å². The Morgan fingerprint density at radius 3 is 2.58 bits per heavy atom. The zero-order valence-electron chi connectivity index (χ0n) is 14.3. The number of aryl methyl sites for hydroxylation is 3. The number of benzene rings is 1. The summed E-state index contributed by atoms with van der Waals surface area (Å²) in [6.07, 6.45) is 0. The van der Waals surface area contributed by atoms with Crippen LogP contribution in [0.25, 0.3) is 10.2 Å². The zero-order chi connectivity index (χ0) is 17.3. The fourth-order valence-electron chi connectivity index (χ4n) is 2.89. The van der Waals surface area contributed by atoms with Gasteiger partial charge in [0.1, 0.15) is 16.5 Å². The highest BCUT2D eigenvalue weighted by molar-refractivity contribution is 7.20. The van der Waals surface area contributed by atoms with E-state index in [1.165, 1.54) is 28.6 Å². The summed E-state index contributed by atoms with van der Waals surface area (Å²) in [7, 11) is 1.78. The van der Waals surface area contributed by atoms with E-state index in [4.69, 9.17) is 0 Å². The van der Waals surface area contributed by atoms with Crippen LogP contribution in [0.15, 0.2) is 35.3 Å². The molecule has 0 aliphatic rings. The Balaban J connectivity index is 1.91. The molecule has 3 nitrogen and oxygen atoms in total. The normalized spacial score (nSPS) is 12.0. The average molecular weight is 341 g/mol. The molecule has 124 valence electrons. The molecule has 0 radical (unpaired) electrons. The summed E-state index contributed by atoms with van der Waals surface area (Å²) in [5.74, 6) is 0.622. The molecule has 0 saturated carbocycles. The van der Waals surface area contributed by atoms with Crippen molar-refractivity contribution in [1.82, 2.24) is 10.3 Å². The molecule has 0 saturated heterocycles. The average Bonchev–Trinajstić information content (AvgIpc) is 2.86. The highest BCUT2D eigenvalue weighted by Gasteiger charge is 2.16. The van der Waals surface area contributed by atoms with Gasteiger partial charge in [-0.2, -0.15) is 0 Å².